The minimum absolute atomic E-state index is 0.114. The second-order valence-electron chi connectivity index (χ2n) is 6.44. The normalized spacial score (nSPS) is 19.7. The van der Waals surface area contributed by atoms with Crippen LogP contribution in [0.25, 0.3) is 22.4 Å². The lowest BCUT2D eigenvalue weighted by Crippen LogP contribution is -2.39. The number of hydrogen-bond acceptors (Lipinski definition) is 3. The minimum Gasteiger partial charge on any atom is -0.304 e. The maximum Gasteiger partial charge on any atom is 0.134 e. The predicted molar refractivity (Wildman–Crippen MR) is 96.9 cm³/mol. The summed E-state index contributed by atoms with van der Waals surface area (Å²) in [5.74, 6) is -0.369. The van der Waals surface area contributed by atoms with Crippen molar-refractivity contribution in [1.29, 1.82) is 0 Å². The first-order valence-electron chi connectivity index (χ1n) is 8.27. The fourth-order valence-corrected chi connectivity index (χ4v) is 3.70. The van der Waals surface area contributed by atoms with Gasteiger partial charge in [-0.3, -0.25) is 9.67 Å². The number of fused-ring (bicyclic) bond motifs is 1. The highest BCUT2D eigenvalue weighted by molar-refractivity contribution is 6.30. The van der Waals surface area contributed by atoms with E-state index >= 15 is 0 Å². The molecule has 0 spiro atoms. The maximum absolute atomic E-state index is 14.6. The van der Waals surface area contributed by atoms with Gasteiger partial charge in [-0.2, -0.15) is 5.10 Å². The Morgan fingerprint density at radius 2 is 1.96 bits per heavy atom. The zero-order chi connectivity index (χ0) is 17.6. The SMILES string of the molecule is C[C@@H]1Cn2nc(-c3ccc(Cl)cc3F)c(-c3ccncc3)c2[C@@H](C)N1. The smallest absolute Gasteiger partial charge is 0.134 e. The largest absolute Gasteiger partial charge is 0.304 e. The summed E-state index contributed by atoms with van der Waals surface area (Å²) >= 11 is 5.92. The van der Waals surface area contributed by atoms with Gasteiger partial charge in [0.05, 0.1) is 12.2 Å². The van der Waals surface area contributed by atoms with Crippen molar-refractivity contribution in [3.05, 3.63) is 59.3 Å². The van der Waals surface area contributed by atoms with Crippen molar-refractivity contribution in [2.75, 3.05) is 0 Å². The molecule has 0 aliphatic carbocycles. The quantitative estimate of drug-likeness (QED) is 0.737. The van der Waals surface area contributed by atoms with Crippen LogP contribution in [0.15, 0.2) is 42.7 Å². The number of nitrogens with one attached hydrogen (secondary N) is 1. The highest BCUT2D eigenvalue weighted by Gasteiger charge is 2.30. The van der Waals surface area contributed by atoms with E-state index in [1.807, 2.05) is 16.8 Å². The molecule has 3 aromatic rings. The fraction of sp³-hybridized carbons (Fsp3) is 0.263. The third kappa shape index (κ3) is 2.83. The zero-order valence-electron chi connectivity index (χ0n) is 14.0. The summed E-state index contributed by atoms with van der Waals surface area (Å²) in [4.78, 5) is 4.10. The lowest BCUT2D eigenvalue weighted by molar-refractivity contribution is 0.345. The minimum atomic E-state index is -0.369. The van der Waals surface area contributed by atoms with Crippen molar-refractivity contribution in [2.24, 2.45) is 0 Å². The molecule has 6 heteroatoms. The molecule has 2 atom stereocenters. The molecule has 1 aliphatic rings. The molecule has 1 aromatic carbocycles. The second-order valence-corrected chi connectivity index (χ2v) is 6.88. The Kier molecular flexibility index (Phi) is 4.06. The maximum atomic E-state index is 14.6. The van der Waals surface area contributed by atoms with E-state index in [4.69, 9.17) is 16.7 Å². The Bertz CT molecular complexity index is 923. The molecule has 4 rings (SSSR count). The molecule has 2 aromatic heterocycles. The van der Waals surface area contributed by atoms with E-state index in [0.29, 0.717) is 22.3 Å². The van der Waals surface area contributed by atoms with Crippen LogP contribution >= 0.6 is 11.6 Å². The first-order valence-corrected chi connectivity index (χ1v) is 8.65. The van der Waals surface area contributed by atoms with Gasteiger partial charge in [-0.05, 0) is 49.7 Å². The Balaban J connectivity index is 2.00. The van der Waals surface area contributed by atoms with Crippen molar-refractivity contribution in [3.8, 4) is 22.4 Å². The van der Waals surface area contributed by atoms with Crippen molar-refractivity contribution >= 4 is 11.6 Å². The topological polar surface area (TPSA) is 42.7 Å². The van der Waals surface area contributed by atoms with Crippen molar-refractivity contribution in [2.45, 2.75) is 32.5 Å². The van der Waals surface area contributed by atoms with Gasteiger partial charge in [-0.1, -0.05) is 11.6 Å². The fourth-order valence-electron chi connectivity index (χ4n) is 3.55. The first-order chi connectivity index (χ1) is 12.0. The van der Waals surface area contributed by atoms with E-state index in [9.17, 15) is 4.39 Å². The van der Waals surface area contributed by atoms with E-state index in [1.165, 1.54) is 6.07 Å². The highest BCUT2D eigenvalue weighted by atomic mass is 35.5. The Labute approximate surface area is 150 Å². The van der Waals surface area contributed by atoms with Crippen molar-refractivity contribution < 1.29 is 4.39 Å². The second kappa shape index (κ2) is 6.24. The van der Waals surface area contributed by atoms with E-state index < -0.39 is 0 Å². The van der Waals surface area contributed by atoms with Crippen LogP contribution in [0.3, 0.4) is 0 Å². The summed E-state index contributed by atoms with van der Waals surface area (Å²) in [6.45, 7) is 4.97. The number of rotatable bonds is 2. The molecular formula is C19H18ClFN4. The molecule has 0 amide bonds. The Morgan fingerprint density at radius 3 is 2.68 bits per heavy atom. The summed E-state index contributed by atoms with van der Waals surface area (Å²) in [5, 5.41) is 8.68. The summed E-state index contributed by atoms with van der Waals surface area (Å²) in [5.41, 5.74) is 4.07. The molecule has 0 saturated heterocycles. The number of nitrogens with zero attached hydrogens (tertiary/aromatic N) is 3. The molecule has 1 N–H and O–H groups in total. The van der Waals surface area contributed by atoms with Gasteiger partial charge in [0.2, 0.25) is 0 Å². The van der Waals surface area contributed by atoms with Crippen molar-refractivity contribution in [3.63, 3.8) is 0 Å². The summed E-state index contributed by atoms with van der Waals surface area (Å²) in [6, 6.07) is 8.99. The van der Waals surface area contributed by atoms with E-state index in [0.717, 1.165) is 23.4 Å². The van der Waals surface area contributed by atoms with Gasteiger partial charge in [-0.25, -0.2) is 4.39 Å². The van der Waals surface area contributed by atoms with Gasteiger partial charge in [0.1, 0.15) is 11.5 Å². The molecule has 0 radical (unpaired) electrons. The van der Waals surface area contributed by atoms with E-state index in [-0.39, 0.29) is 11.9 Å². The van der Waals surface area contributed by atoms with Crippen molar-refractivity contribution in [1.82, 2.24) is 20.1 Å². The van der Waals surface area contributed by atoms with Gasteiger partial charge < -0.3 is 5.32 Å². The molecule has 3 heterocycles. The Hall–Kier alpha value is -2.24. The third-order valence-electron chi connectivity index (χ3n) is 4.54. The third-order valence-corrected chi connectivity index (χ3v) is 4.77. The van der Waals surface area contributed by atoms with Crippen LogP contribution in [0.1, 0.15) is 25.6 Å². The van der Waals surface area contributed by atoms with Gasteiger partial charge >= 0.3 is 0 Å². The van der Waals surface area contributed by atoms with Crippen LogP contribution in [0.5, 0.6) is 0 Å². The number of aromatic nitrogens is 3. The summed E-state index contributed by atoms with van der Waals surface area (Å²) in [7, 11) is 0. The molecule has 1 aliphatic heterocycles. The average Bonchev–Trinajstić information content (AvgIpc) is 2.95. The Morgan fingerprint density at radius 1 is 1.20 bits per heavy atom. The number of pyridine rings is 1. The monoisotopic (exact) mass is 356 g/mol. The number of halogens is 2. The predicted octanol–water partition coefficient (Wildman–Crippen LogP) is 4.46. The molecule has 128 valence electrons. The van der Waals surface area contributed by atoms with Gasteiger partial charge in [-0.15, -0.1) is 0 Å². The lowest BCUT2D eigenvalue weighted by atomic mass is 9.96. The number of hydrogen-bond donors (Lipinski definition) is 1. The molecule has 0 unspecified atom stereocenters. The standard InChI is InChI=1S/C19H18ClFN4/c1-11-10-25-19(12(2)23-11)17(13-5-7-22-8-6-13)18(24-25)15-4-3-14(20)9-16(15)21/h3-9,11-12,23H,10H2,1-2H3/t11-,12-/m1/s1. The van der Waals surface area contributed by atoms with Gasteiger partial charge in [0.15, 0.2) is 0 Å². The zero-order valence-corrected chi connectivity index (χ0v) is 14.8. The van der Waals surface area contributed by atoms with Crippen LogP contribution in [-0.4, -0.2) is 20.8 Å². The first kappa shape index (κ1) is 16.2. The average molecular weight is 357 g/mol. The number of benzene rings is 1. The van der Waals surface area contributed by atoms with Gasteiger partial charge in [0.25, 0.3) is 0 Å². The van der Waals surface area contributed by atoms with Crippen LogP contribution in [0.4, 0.5) is 4.39 Å². The van der Waals surface area contributed by atoms with Crippen LogP contribution in [0, 0.1) is 5.82 Å². The van der Waals surface area contributed by atoms with E-state index in [1.54, 1.807) is 24.5 Å². The lowest BCUT2D eigenvalue weighted by Gasteiger charge is -2.28. The van der Waals surface area contributed by atoms with Crippen LogP contribution in [0.2, 0.25) is 5.02 Å². The molecular weight excluding hydrogens is 339 g/mol. The van der Waals surface area contributed by atoms with Gasteiger partial charge in [0, 0.05) is 40.6 Å². The molecule has 4 nitrogen and oxygen atoms in total. The molecule has 0 saturated carbocycles. The highest BCUT2D eigenvalue weighted by Crippen LogP contribution is 2.39. The summed E-state index contributed by atoms with van der Waals surface area (Å²) in [6.07, 6.45) is 3.48. The van der Waals surface area contributed by atoms with E-state index in [2.05, 4.69) is 24.1 Å². The molecule has 0 fully saturated rings. The van der Waals surface area contributed by atoms with Crippen LogP contribution in [-0.2, 0) is 6.54 Å². The summed E-state index contributed by atoms with van der Waals surface area (Å²) < 4.78 is 16.6. The van der Waals surface area contributed by atoms with Crippen LogP contribution < -0.4 is 5.32 Å². The molecule has 0 bridgehead atoms. The molecule has 25 heavy (non-hydrogen) atoms.